The fourth-order valence-electron chi connectivity index (χ4n) is 7.27. The van der Waals surface area contributed by atoms with Gasteiger partial charge in [0, 0.05) is 46.9 Å². The first kappa shape index (κ1) is 33.0. The molecule has 0 aliphatic carbocycles. The van der Waals surface area contributed by atoms with Crippen molar-refractivity contribution in [2.24, 2.45) is 0 Å². The van der Waals surface area contributed by atoms with Gasteiger partial charge in [0.2, 0.25) is 5.69 Å². The number of fused-ring (bicyclic) bond motifs is 6. The number of hydrogen-bond donors (Lipinski definition) is 3. The van der Waals surface area contributed by atoms with E-state index in [1.165, 1.54) is 24.3 Å². The number of anilines is 1. The molecule has 0 fully saturated rings. The molecule has 0 unspecified atom stereocenters. The summed E-state index contributed by atoms with van der Waals surface area (Å²) in [6, 6.07) is 13.6. The summed E-state index contributed by atoms with van der Waals surface area (Å²) in [6.45, 7) is 7.90. The van der Waals surface area contributed by atoms with Crippen LogP contribution in [0, 0.1) is 0 Å². The fourth-order valence-corrected chi connectivity index (χ4v) is 9.12. The summed E-state index contributed by atoms with van der Waals surface area (Å²) in [5.74, 6) is 0. The zero-order valence-electron chi connectivity index (χ0n) is 26.3. The van der Waals surface area contributed by atoms with Gasteiger partial charge in [-0.1, -0.05) is 32.1 Å². The van der Waals surface area contributed by atoms with Crippen LogP contribution in [0.15, 0.2) is 93.2 Å². The van der Waals surface area contributed by atoms with Gasteiger partial charge in [0.15, 0.2) is 5.71 Å². The molecule has 0 saturated heterocycles. The molecule has 0 bridgehead atoms. The van der Waals surface area contributed by atoms with Crippen molar-refractivity contribution in [1.29, 1.82) is 0 Å². The van der Waals surface area contributed by atoms with Gasteiger partial charge in [-0.25, -0.2) is 0 Å². The van der Waals surface area contributed by atoms with Crippen LogP contribution < -0.4 is 4.90 Å². The quantitative estimate of drug-likeness (QED) is 0.176. The molecule has 0 amide bonds. The highest BCUT2D eigenvalue weighted by atomic mass is 32.2. The maximum Gasteiger partial charge on any atom is 0.295 e. The number of nitrogens with zero attached hydrogens (tertiary/aromatic N) is 2. The number of hydrogen-bond acceptors (Lipinski definition) is 7. The highest BCUT2D eigenvalue weighted by molar-refractivity contribution is 7.87. The van der Waals surface area contributed by atoms with Gasteiger partial charge in [0.25, 0.3) is 30.4 Å². The average Bonchev–Trinajstić information content (AvgIpc) is 3.28. The van der Waals surface area contributed by atoms with Gasteiger partial charge in [-0.15, -0.1) is 0 Å². The van der Waals surface area contributed by atoms with Crippen molar-refractivity contribution < 1.29 is 43.5 Å². The third-order valence-electron chi connectivity index (χ3n) is 9.38. The van der Waals surface area contributed by atoms with E-state index in [9.17, 15) is 38.9 Å². The van der Waals surface area contributed by atoms with Crippen LogP contribution in [0.25, 0.3) is 21.5 Å². The smallest absolute Gasteiger partial charge is 0.295 e. The largest absolute Gasteiger partial charge is 0.347 e. The molecule has 3 N–H and O–H groups in total. The molecular formula is C33H33N2O9S3+. The zero-order chi connectivity index (χ0) is 34.6. The van der Waals surface area contributed by atoms with Crippen molar-refractivity contribution in [3.05, 3.63) is 89.6 Å². The molecular weight excluding hydrogens is 665 g/mol. The van der Waals surface area contributed by atoms with E-state index in [4.69, 9.17) is 0 Å². The topological polar surface area (TPSA) is 169 Å². The van der Waals surface area contributed by atoms with E-state index in [0.717, 1.165) is 34.1 Å². The minimum atomic E-state index is -4.84. The average molecular weight is 698 g/mol. The highest BCUT2D eigenvalue weighted by Crippen LogP contribution is 2.50. The summed E-state index contributed by atoms with van der Waals surface area (Å²) in [5.41, 5.74) is 3.50. The molecule has 0 saturated carbocycles. The van der Waals surface area contributed by atoms with Gasteiger partial charge in [0.05, 0.1) is 15.2 Å². The monoisotopic (exact) mass is 697 g/mol. The molecule has 11 nitrogen and oxygen atoms in total. The Kier molecular flexibility index (Phi) is 7.22. The van der Waals surface area contributed by atoms with E-state index >= 15 is 0 Å². The summed E-state index contributed by atoms with van der Waals surface area (Å²) in [4.78, 5) is 0.570. The maximum atomic E-state index is 12.3. The van der Waals surface area contributed by atoms with Gasteiger partial charge >= 0.3 is 0 Å². The minimum Gasteiger partial charge on any atom is -0.347 e. The van der Waals surface area contributed by atoms with Crippen LogP contribution in [-0.2, 0) is 41.2 Å². The van der Waals surface area contributed by atoms with E-state index < -0.39 is 51.0 Å². The molecule has 0 atom stereocenters. The molecule has 0 radical (unpaired) electrons. The predicted molar refractivity (Wildman–Crippen MR) is 180 cm³/mol. The molecule has 4 aromatic carbocycles. The van der Waals surface area contributed by atoms with Crippen LogP contribution >= 0.6 is 0 Å². The normalized spacial score (nSPS) is 18.6. The van der Waals surface area contributed by atoms with Crippen LogP contribution in [-0.4, -0.2) is 63.3 Å². The van der Waals surface area contributed by atoms with Crippen molar-refractivity contribution in [2.45, 2.75) is 53.2 Å². The second-order valence-electron chi connectivity index (χ2n) is 12.9. The third-order valence-corrected chi connectivity index (χ3v) is 12.0. The molecule has 0 spiro atoms. The van der Waals surface area contributed by atoms with Crippen LogP contribution in [0.2, 0.25) is 0 Å². The van der Waals surface area contributed by atoms with Crippen LogP contribution in [0.3, 0.4) is 0 Å². The van der Waals surface area contributed by atoms with Crippen LogP contribution in [0.4, 0.5) is 11.4 Å². The Bertz CT molecular complexity index is 2510. The lowest BCUT2D eigenvalue weighted by molar-refractivity contribution is -0.401. The maximum absolute atomic E-state index is 12.3. The highest BCUT2D eigenvalue weighted by Gasteiger charge is 2.45. The second-order valence-corrected chi connectivity index (χ2v) is 17.1. The van der Waals surface area contributed by atoms with Crippen molar-refractivity contribution in [2.75, 3.05) is 19.0 Å². The van der Waals surface area contributed by atoms with E-state index in [-0.39, 0.29) is 15.7 Å². The fraction of sp³-hybridized carbons (Fsp3) is 0.242. The Labute approximate surface area is 273 Å². The summed E-state index contributed by atoms with van der Waals surface area (Å²) in [6.07, 6.45) is 5.76. The third kappa shape index (κ3) is 5.10. The molecule has 2 heterocycles. The van der Waals surface area contributed by atoms with Crippen LogP contribution in [0.5, 0.6) is 0 Å². The standard InChI is InChI=1S/C33H32N2O9S3/c1-32(2)28(34(5)25-14-11-19-10-12-20(45(36,37)38)16-23(19)30(25)32)8-7-9-29-33(3,4)31-24-17-21(46(39,40)41)18-27(47(42,43)44)22(24)13-15-26(31)35(29)6/h7-18H,1-6H3,(H2-,36,37,38,39,40,41,42,43,44)/p+1. The van der Waals surface area contributed by atoms with Crippen molar-refractivity contribution >= 4 is 69.0 Å². The Hall–Kier alpha value is -3.92. The van der Waals surface area contributed by atoms with E-state index in [0.29, 0.717) is 16.6 Å². The Morgan fingerprint density at radius 3 is 1.94 bits per heavy atom. The zero-order valence-corrected chi connectivity index (χ0v) is 28.8. The summed E-state index contributed by atoms with van der Waals surface area (Å²) < 4.78 is 104. The van der Waals surface area contributed by atoms with E-state index in [2.05, 4.69) is 0 Å². The van der Waals surface area contributed by atoms with Crippen molar-refractivity contribution in [3.8, 4) is 0 Å². The second kappa shape index (κ2) is 10.3. The predicted octanol–water partition coefficient (Wildman–Crippen LogP) is 5.61. The van der Waals surface area contributed by atoms with Crippen molar-refractivity contribution in [3.63, 3.8) is 0 Å². The van der Waals surface area contributed by atoms with Crippen LogP contribution in [0.1, 0.15) is 38.8 Å². The molecule has 4 aromatic rings. The lowest BCUT2D eigenvalue weighted by Gasteiger charge is -2.24. The first-order chi connectivity index (χ1) is 21.6. The van der Waals surface area contributed by atoms with Crippen molar-refractivity contribution in [1.82, 2.24) is 0 Å². The molecule has 2 aliphatic heterocycles. The first-order valence-electron chi connectivity index (χ1n) is 14.4. The molecule has 47 heavy (non-hydrogen) atoms. The number of allylic oxidation sites excluding steroid dienone is 4. The molecule has 2 aliphatic rings. The summed E-state index contributed by atoms with van der Waals surface area (Å²) >= 11 is 0. The number of rotatable bonds is 5. The van der Waals surface area contributed by atoms with Gasteiger partial charge in [-0.3, -0.25) is 13.7 Å². The molecule has 246 valence electrons. The minimum absolute atomic E-state index is 0.115. The lowest BCUT2D eigenvalue weighted by atomic mass is 9.79. The Balaban J connectivity index is 1.46. The lowest BCUT2D eigenvalue weighted by Crippen LogP contribution is -2.27. The number of likely N-dealkylation sites (N-methyl/N-ethyl adjacent to an activating group) is 1. The Morgan fingerprint density at radius 2 is 1.32 bits per heavy atom. The van der Waals surface area contributed by atoms with Gasteiger partial charge in [-0.05, 0) is 78.0 Å². The number of benzene rings is 4. The summed E-state index contributed by atoms with van der Waals surface area (Å²) in [5, 5.41) is 1.92. The van der Waals surface area contributed by atoms with Gasteiger partial charge in [0.1, 0.15) is 11.9 Å². The van der Waals surface area contributed by atoms with E-state index in [1.54, 1.807) is 12.1 Å². The Morgan fingerprint density at radius 1 is 0.702 bits per heavy atom. The molecule has 0 aromatic heterocycles. The molecule has 6 rings (SSSR count). The van der Waals surface area contributed by atoms with Gasteiger partial charge in [-0.2, -0.15) is 29.8 Å². The van der Waals surface area contributed by atoms with E-state index in [1.807, 2.05) is 81.6 Å². The first-order valence-corrected chi connectivity index (χ1v) is 18.7. The molecule has 14 heteroatoms. The summed E-state index contributed by atoms with van der Waals surface area (Å²) in [7, 11) is -10.3. The SMILES string of the molecule is CN1C(=CC=CC2=[N+](C)c3ccc4c(S(=O)(=O)O)cc(S(=O)(=O)O)cc4c3C2(C)C)C(C)(C)c2c1ccc1ccc(S(=O)(=O)O)cc21. The van der Waals surface area contributed by atoms with Gasteiger partial charge < -0.3 is 4.90 Å².